The Kier molecular flexibility index (Phi) is 3.34. The summed E-state index contributed by atoms with van der Waals surface area (Å²) in [6, 6.07) is 12.6. The van der Waals surface area contributed by atoms with Gasteiger partial charge in [-0.3, -0.25) is 0 Å². The Morgan fingerprint density at radius 2 is 1.57 bits per heavy atom. The zero-order chi connectivity index (χ0) is 15.0. The van der Waals surface area contributed by atoms with Gasteiger partial charge in [-0.1, -0.05) is 29.3 Å². The van der Waals surface area contributed by atoms with Crippen molar-refractivity contribution in [2.24, 2.45) is 0 Å². The average Bonchev–Trinajstić information content (AvgIpc) is 2.48. The number of fused-ring (bicyclic) bond motifs is 1. The molecule has 0 aliphatic carbocycles. The molecule has 0 unspecified atom stereocenters. The Hall–Kier alpha value is -2.42. The summed E-state index contributed by atoms with van der Waals surface area (Å²) in [5, 5.41) is 4.25. The molecule has 106 valence electrons. The third-order valence-corrected chi connectivity index (χ3v) is 3.72. The molecule has 0 bridgehead atoms. The molecule has 1 N–H and O–H groups in total. The van der Waals surface area contributed by atoms with Gasteiger partial charge in [0.25, 0.3) is 0 Å². The predicted molar refractivity (Wildman–Crippen MR) is 88.7 cm³/mol. The van der Waals surface area contributed by atoms with Crippen LogP contribution in [0.2, 0.25) is 0 Å². The van der Waals surface area contributed by atoms with E-state index in [1.807, 2.05) is 7.05 Å². The first-order valence-electron chi connectivity index (χ1n) is 7.12. The van der Waals surface area contributed by atoms with Gasteiger partial charge in [0.1, 0.15) is 5.82 Å². The highest BCUT2D eigenvalue weighted by Crippen LogP contribution is 2.27. The van der Waals surface area contributed by atoms with E-state index in [-0.39, 0.29) is 0 Å². The van der Waals surface area contributed by atoms with Crippen molar-refractivity contribution in [3.05, 3.63) is 53.1 Å². The standard InChI is InChI=1S/C18H19N3/c1-11-5-7-13(3)14(9-11)18-20-16-8-6-12(2)10-15(16)17(19-4)21-18/h5-10H,1-4H3,(H,19,20,21). The van der Waals surface area contributed by atoms with Crippen molar-refractivity contribution in [3.8, 4) is 11.4 Å². The monoisotopic (exact) mass is 277 g/mol. The molecule has 1 heterocycles. The Balaban J connectivity index is 2.29. The second-order valence-corrected chi connectivity index (χ2v) is 5.48. The number of hydrogen-bond donors (Lipinski definition) is 1. The number of nitrogens with zero attached hydrogens (tertiary/aromatic N) is 2. The normalized spacial score (nSPS) is 10.9. The molecular formula is C18H19N3. The molecule has 21 heavy (non-hydrogen) atoms. The van der Waals surface area contributed by atoms with E-state index in [0.717, 1.165) is 28.1 Å². The fourth-order valence-electron chi connectivity index (χ4n) is 2.53. The molecule has 0 saturated heterocycles. The molecule has 3 rings (SSSR count). The van der Waals surface area contributed by atoms with Gasteiger partial charge in [0.2, 0.25) is 0 Å². The van der Waals surface area contributed by atoms with Crippen molar-refractivity contribution >= 4 is 16.7 Å². The summed E-state index contributed by atoms with van der Waals surface area (Å²) < 4.78 is 0. The number of hydrogen-bond acceptors (Lipinski definition) is 3. The topological polar surface area (TPSA) is 37.8 Å². The zero-order valence-corrected chi connectivity index (χ0v) is 12.9. The van der Waals surface area contributed by atoms with Crippen LogP contribution in [0.5, 0.6) is 0 Å². The summed E-state index contributed by atoms with van der Waals surface area (Å²) in [6.45, 7) is 6.26. The number of benzene rings is 2. The minimum absolute atomic E-state index is 0.775. The fourth-order valence-corrected chi connectivity index (χ4v) is 2.53. The SMILES string of the molecule is CNc1nc(-c2cc(C)ccc2C)nc2ccc(C)cc12. The van der Waals surface area contributed by atoms with Crippen LogP contribution in [0, 0.1) is 20.8 Å². The highest BCUT2D eigenvalue weighted by atomic mass is 15.0. The van der Waals surface area contributed by atoms with Crippen molar-refractivity contribution in [2.45, 2.75) is 20.8 Å². The van der Waals surface area contributed by atoms with Crippen LogP contribution in [0.4, 0.5) is 5.82 Å². The summed E-state index contributed by atoms with van der Waals surface area (Å²) in [6.07, 6.45) is 0. The Bertz CT molecular complexity index is 822. The van der Waals surface area contributed by atoms with Gasteiger partial charge in [0.15, 0.2) is 5.82 Å². The molecule has 0 aliphatic heterocycles. The quantitative estimate of drug-likeness (QED) is 0.760. The maximum Gasteiger partial charge on any atom is 0.162 e. The van der Waals surface area contributed by atoms with E-state index in [1.54, 1.807) is 0 Å². The van der Waals surface area contributed by atoms with Crippen molar-refractivity contribution in [2.75, 3.05) is 12.4 Å². The lowest BCUT2D eigenvalue weighted by Gasteiger charge is -2.11. The van der Waals surface area contributed by atoms with E-state index >= 15 is 0 Å². The second kappa shape index (κ2) is 5.17. The minimum atomic E-state index is 0.775. The van der Waals surface area contributed by atoms with Gasteiger partial charge in [-0.15, -0.1) is 0 Å². The molecule has 0 amide bonds. The number of nitrogens with one attached hydrogen (secondary N) is 1. The number of aromatic nitrogens is 2. The van der Waals surface area contributed by atoms with Crippen LogP contribution in [-0.2, 0) is 0 Å². The van der Waals surface area contributed by atoms with Crippen LogP contribution in [0.1, 0.15) is 16.7 Å². The molecule has 0 atom stereocenters. The minimum Gasteiger partial charge on any atom is -0.373 e. The van der Waals surface area contributed by atoms with Crippen LogP contribution >= 0.6 is 0 Å². The lowest BCUT2D eigenvalue weighted by atomic mass is 10.0. The van der Waals surface area contributed by atoms with Crippen LogP contribution < -0.4 is 5.32 Å². The largest absolute Gasteiger partial charge is 0.373 e. The molecule has 1 aromatic heterocycles. The van der Waals surface area contributed by atoms with E-state index in [2.05, 4.69) is 62.5 Å². The van der Waals surface area contributed by atoms with Crippen LogP contribution in [0.15, 0.2) is 36.4 Å². The van der Waals surface area contributed by atoms with E-state index in [4.69, 9.17) is 9.97 Å². The molecule has 0 radical (unpaired) electrons. The first-order chi connectivity index (χ1) is 10.1. The third-order valence-electron chi connectivity index (χ3n) is 3.72. The van der Waals surface area contributed by atoms with Gasteiger partial charge in [0, 0.05) is 18.0 Å². The molecular weight excluding hydrogens is 258 g/mol. The van der Waals surface area contributed by atoms with Gasteiger partial charge in [-0.2, -0.15) is 0 Å². The van der Waals surface area contributed by atoms with Gasteiger partial charge in [-0.05, 0) is 44.5 Å². The molecule has 3 nitrogen and oxygen atoms in total. The highest BCUT2D eigenvalue weighted by molar-refractivity contribution is 5.91. The second-order valence-electron chi connectivity index (χ2n) is 5.48. The lowest BCUT2D eigenvalue weighted by molar-refractivity contribution is 1.20. The van der Waals surface area contributed by atoms with Crippen LogP contribution in [0.3, 0.4) is 0 Å². The summed E-state index contributed by atoms with van der Waals surface area (Å²) in [5.41, 5.74) is 5.68. The van der Waals surface area contributed by atoms with Gasteiger partial charge >= 0.3 is 0 Å². The first-order valence-corrected chi connectivity index (χ1v) is 7.12. The van der Waals surface area contributed by atoms with E-state index in [1.165, 1.54) is 16.7 Å². The molecule has 0 aliphatic rings. The van der Waals surface area contributed by atoms with Crippen LogP contribution in [-0.4, -0.2) is 17.0 Å². The molecule has 0 spiro atoms. The zero-order valence-electron chi connectivity index (χ0n) is 12.9. The predicted octanol–water partition coefficient (Wildman–Crippen LogP) is 4.26. The highest BCUT2D eigenvalue weighted by Gasteiger charge is 2.10. The van der Waals surface area contributed by atoms with Gasteiger partial charge < -0.3 is 5.32 Å². The Morgan fingerprint density at radius 3 is 2.33 bits per heavy atom. The van der Waals surface area contributed by atoms with Crippen molar-refractivity contribution in [3.63, 3.8) is 0 Å². The van der Waals surface area contributed by atoms with Crippen molar-refractivity contribution < 1.29 is 0 Å². The number of anilines is 1. The molecule has 2 aromatic carbocycles. The van der Waals surface area contributed by atoms with E-state index in [9.17, 15) is 0 Å². The van der Waals surface area contributed by atoms with Crippen molar-refractivity contribution in [1.29, 1.82) is 0 Å². The smallest absolute Gasteiger partial charge is 0.162 e. The first kappa shape index (κ1) is 13.6. The third kappa shape index (κ3) is 2.47. The molecule has 0 saturated carbocycles. The van der Waals surface area contributed by atoms with E-state index in [0.29, 0.717) is 0 Å². The molecule has 3 heteroatoms. The average molecular weight is 277 g/mol. The number of rotatable bonds is 2. The van der Waals surface area contributed by atoms with Crippen LogP contribution in [0.25, 0.3) is 22.3 Å². The van der Waals surface area contributed by atoms with Gasteiger partial charge in [-0.25, -0.2) is 9.97 Å². The summed E-state index contributed by atoms with van der Waals surface area (Å²) >= 11 is 0. The maximum absolute atomic E-state index is 4.75. The lowest BCUT2D eigenvalue weighted by Crippen LogP contribution is -2.00. The summed E-state index contributed by atoms with van der Waals surface area (Å²) in [4.78, 5) is 9.46. The van der Waals surface area contributed by atoms with Gasteiger partial charge in [0.05, 0.1) is 5.52 Å². The Labute approximate surface area is 125 Å². The maximum atomic E-state index is 4.75. The van der Waals surface area contributed by atoms with Crippen molar-refractivity contribution in [1.82, 2.24) is 9.97 Å². The summed E-state index contributed by atoms with van der Waals surface area (Å²) in [7, 11) is 1.90. The summed E-state index contributed by atoms with van der Waals surface area (Å²) in [5.74, 6) is 1.65. The molecule has 3 aromatic rings. The fraction of sp³-hybridized carbons (Fsp3) is 0.222. The van der Waals surface area contributed by atoms with E-state index < -0.39 is 0 Å². The number of aryl methyl sites for hydroxylation is 3. The molecule has 0 fully saturated rings. The Morgan fingerprint density at radius 1 is 0.857 bits per heavy atom.